The van der Waals surface area contributed by atoms with Crippen LogP contribution in [0.1, 0.15) is 26.7 Å². The van der Waals surface area contributed by atoms with E-state index in [1.165, 1.54) is 0 Å². The smallest absolute Gasteiger partial charge is 0.321 e. The van der Waals surface area contributed by atoms with Crippen LogP contribution in [-0.4, -0.2) is 47.3 Å². The van der Waals surface area contributed by atoms with Gasteiger partial charge in [-0.05, 0) is 32.6 Å². The standard InChI is InChI=1S/C11H19NO3/c1-11(2)7-15-6-5-12(11)9(10(13)14)8-3-4-8/h8-9H,3-7H2,1-2H3,(H,13,14). The summed E-state index contributed by atoms with van der Waals surface area (Å²) in [5, 5.41) is 9.29. The lowest BCUT2D eigenvalue weighted by Crippen LogP contribution is -2.60. The van der Waals surface area contributed by atoms with Gasteiger partial charge in [0.25, 0.3) is 0 Å². The van der Waals surface area contributed by atoms with Gasteiger partial charge in [0.1, 0.15) is 6.04 Å². The monoisotopic (exact) mass is 213 g/mol. The fourth-order valence-electron chi connectivity index (χ4n) is 2.39. The molecule has 1 atom stereocenters. The van der Waals surface area contributed by atoms with Gasteiger partial charge in [0.05, 0.1) is 13.2 Å². The van der Waals surface area contributed by atoms with Crippen LogP contribution in [0, 0.1) is 5.92 Å². The molecule has 0 amide bonds. The normalized spacial score (nSPS) is 28.7. The van der Waals surface area contributed by atoms with Gasteiger partial charge in [0, 0.05) is 12.1 Å². The molecule has 4 heteroatoms. The fraction of sp³-hybridized carbons (Fsp3) is 0.909. The number of aliphatic carboxylic acids is 1. The van der Waals surface area contributed by atoms with Crippen molar-refractivity contribution in [1.29, 1.82) is 0 Å². The van der Waals surface area contributed by atoms with Gasteiger partial charge in [-0.2, -0.15) is 0 Å². The minimum Gasteiger partial charge on any atom is -0.480 e. The summed E-state index contributed by atoms with van der Waals surface area (Å²) in [6.45, 7) is 6.14. The lowest BCUT2D eigenvalue weighted by Gasteiger charge is -2.45. The molecule has 0 aromatic carbocycles. The number of hydrogen-bond donors (Lipinski definition) is 1. The van der Waals surface area contributed by atoms with E-state index in [9.17, 15) is 9.90 Å². The summed E-state index contributed by atoms with van der Waals surface area (Å²) in [4.78, 5) is 13.4. The maximum Gasteiger partial charge on any atom is 0.321 e. The van der Waals surface area contributed by atoms with Gasteiger partial charge in [-0.15, -0.1) is 0 Å². The summed E-state index contributed by atoms with van der Waals surface area (Å²) < 4.78 is 5.41. The summed E-state index contributed by atoms with van der Waals surface area (Å²) >= 11 is 0. The number of carbonyl (C=O) groups is 1. The van der Waals surface area contributed by atoms with Crippen molar-refractivity contribution in [3.63, 3.8) is 0 Å². The molecule has 0 aromatic heterocycles. The molecular weight excluding hydrogens is 194 g/mol. The zero-order chi connectivity index (χ0) is 11.1. The van der Waals surface area contributed by atoms with E-state index in [-0.39, 0.29) is 11.6 Å². The maximum absolute atomic E-state index is 11.3. The second kappa shape index (κ2) is 3.76. The van der Waals surface area contributed by atoms with Crippen molar-refractivity contribution in [2.24, 2.45) is 5.92 Å². The van der Waals surface area contributed by atoms with Crippen LogP contribution in [0.15, 0.2) is 0 Å². The van der Waals surface area contributed by atoms with Crippen molar-refractivity contribution in [2.45, 2.75) is 38.3 Å². The van der Waals surface area contributed by atoms with Crippen LogP contribution in [0.2, 0.25) is 0 Å². The van der Waals surface area contributed by atoms with Crippen LogP contribution in [0.5, 0.6) is 0 Å². The number of rotatable bonds is 3. The number of nitrogens with zero attached hydrogens (tertiary/aromatic N) is 1. The maximum atomic E-state index is 11.3. The van der Waals surface area contributed by atoms with Gasteiger partial charge in [0.15, 0.2) is 0 Å². The SMILES string of the molecule is CC1(C)COCCN1C(C(=O)O)C1CC1. The second-order valence-electron chi connectivity index (χ2n) is 5.18. The molecule has 0 radical (unpaired) electrons. The predicted molar refractivity (Wildman–Crippen MR) is 55.8 cm³/mol. The first-order valence-corrected chi connectivity index (χ1v) is 5.60. The molecule has 1 aliphatic carbocycles. The highest BCUT2D eigenvalue weighted by atomic mass is 16.5. The summed E-state index contributed by atoms with van der Waals surface area (Å²) in [7, 11) is 0. The lowest BCUT2D eigenvalue weighted by molar-refractivity contribution is -0.153. The van der Waals surface area contributed by atoms with Crippen molar-refractivity contribution in [3.05, 3.63) is 0 Å². The molecule has 1 saturated heterocycles. The van der Waals surface area contributed by atoms with E-state index in [0.717, 1.165) is 19.4 Å². The molecule has 0 aromatic rings. The molecule has 86 valence electrons. The Morgan fingerprint density at radius 3 is 2.67 bits per heavy atom. The molecule has 1 N–H and O–H groups in total. The highest BCUT2D eigenvalue weighted by molar-refractivity contribution is 5.74. The summed E-state index contributed by atoms with van der Waals surface area (Å²) in [5.74, 6) is -0.313. The van der Waals surface area contributed by atoms with E-state index in [4.69, 9.17) is 4.74 Å². The van der Waals surface area contributed by atoms with Gasteiger partial charge in [-0.3, -0.25) is 9.69 Å². The summed E-state index contributed by atoms with van der Waals surface area (Å²) in [5.41, 5.74) is -0.149. The van der Waals surface area contributed by atoms with E-state index in [1.54, 1.807) is 0 Å². The minimum absolute atomic E-state index is 0.149. The Kier molecular flexibility index (Phi) is 2.73. The van der Waals surface area contributed by atoms with Gasteiger partial charge in [0.2, 0.25) is 0 Å². The van der Waals surface area contributed by atoms with Crippen molar-refractivity contribution in [1.82, 2.24) is 4.90 Å². The number of ether oxygens (including phenoxy) is 1. The number of morpholine rings is 1. The first kappa shape index (κ1) is 10.9. The van der Waals surface area contributed by atoms with Gasteiger partial charge < -0.3 is 9.84 Å². The molecule has 0 bridgehead atoms. The molecule has 1 saturated carbocycles. The molecule has 2 fully saturated rings. The van der Waals surface area contributed by atoms with Crippen LogP contribution in [-0.2, 0) is 9.53 Å². The first-order chi connectivity index (χ1) is 7.02. The Labute approximate surface area is 90.2 Å². The predicted octanol–water partition coefficient (Wildman–Crippen LogP) is 0.960. The fourth-order valence-corrected chi connectivity index (χ4v) is 2.39. The molecule has 2 aliphatic rings. The molecule has 1 unspecified atom stereocenters. The third-order valence-corrected chi connectivity index (χ3v) is 3.37. The second-order valence-corrected chi connectivity index (χ2v) is 5.18. The van der Waals surface area contributed by atoms with Gasteiger partial charge in [-0.25, -0.2) is 0 Å². The Balaban J connectivity index is 2.14. The highest BCUT2D eigenvalue weighted by Crippen LogP contribution is 2.38. The zero-order valence-corrected chi connectivity index (χ0v) is 9.40. The van der Waals surface area contributed by atoms with Gasteiger partial charge >= 0.3 is 5.97 Å². The molecule has 15 heavy (non-hydrogen) atoms. The summed E-state index contributed by atoms with van der Waals surface area (Å²) in [6, 6.07) is -0.302. The third kappa shape index (κ3) is 2.16. The topological polar surface area (TPSA) is 49.8 Å². The number of carboxylic acids is 1. The Morgan fingerprint density at radius 2 is 2.20 bits per heavy atom. The van der Waals surface area contributed by atoms with E-state index in [1.807, 2.05) is 0 Å². The Bertz CT molecular complexity index is 261. The number of carboxylic acid groups (broad SMARTS) is 1. The first-order valence-electron chi connectivity index (χ1n) is 5.60. The molecule has 2 rings (SSSR count). The van der Waals surface area contributed by atoms with Crippen molar-refractivity contribution in [3.8, 4) is 0 Å². The zero-order valence-electron chi connectivity index (χ0n) is 9.40. The van der Waals surface area contributed by atoms with Gasteiger partial charge in [-0.1, -0.05) is 0 Å². The molecular formula is C11H19NO3. The van der Waals surface area contributed by atoms with Crippen LogP contribution in [0.25, 0.3) is 0 Å². The highest BCUT2D eigenvalue weighted by Gasteiger charge is 2.46. The van der Waals surface area contributed by atoms with Crippen molar-refractivity contribution < 1.29 is 14.6 Å². The molecule has 4 nitrogen and oxygen atoms in total. The molecule has 1 heterocycles. The molecule has 1 aliphatic heterocycles. The minimum atomic E-state index is -0.674. The van der Waals surface area contributed by atoms with Crippen molar-refractivity contribution in [2.75, 3.05) is 19.8 Å². The van der Waals surface area contributed by atoms with Crippen LogP contribution >= 0.6 is 0 Å². The largest absolute Gasteiger partial charge is 0.480 e. The quantitative estimate of drug-likeness (QED) is 0.758. The van der Waals surface area contributed by atoms with E-state index >= 15 is 0 Å². The molecule has 0 spiro atoms. The average molecular weight is 213 g/mol. The number of hydrogen-bond acceptors (Lipinski definition) is 3. The average Bonchev–Trinajstić information content (AvgIpc) is 2.91. The Hall–Kier alpha value is -0.610. The third-order valence-electron chi connectivity index (χ3n) is 3.37. The van der Waals surface area contributed by atoms with E-state index in [0.29, 0.717) is 19.1 Å². The van der Waals surface area contributed by atoms with E-state index < -0.39 is 5.97 Å². The van der Waals surface area contributed by atoms with Crippen LogP contribution < -0.4 is 0 Å². The van der Waals surface area contributed by atoms with Crippen molar-refractivity contribution >= 4 is 5.97 Å². The Morgan fingerprint density at radius 1 is 1.53 bits per heavy atom. The summed E-state index contributed by atoms with van der Waals surface area (Å²) in [6.07, 6.45) is 2.12. The van der Waals surface area contributed by atoms with Crippen LogP contribution in [0.4, 0.5) is 0 Å². The van der Waals surface area contributed by atoms with E-state index in [2.05, 4.69) is 18.7 Å². The lowest BCUT2D eigenvalue weighted by atomic mass is 9.97. The van der Waals surface area contributed by atoms with Crippen LogP contribution in [0.3, 0.4) is 0 Å².